The van der Waals surface area contributed by atoms with Gasteiger partial charge in [-0.25, -0.2) is 13.4 Å². The molecule has 7 nitrogen and oxygen atoms in total. The second-order valence-corrected chi connectivity index (χ2v) is 8.72. The number of rotatable bonds is 8. The topological polar surface area (TPSA) is 83.0 Å². The van der Waals surface area contributed by atoms with E-state index in [1.54, 1.807) is 6.07 Å². The van der Waals surface area contributed by atoms with Crippen molar-refractivity contribution in [2.24, 2.45) is 10.9 Å². The Labute approximate surface area is 163 Å². The van der Waals surface area contributed by atoms with E-state index in [9.17, 15) is 8.42 Å². The molecule has 1 aliphatic rings. The quantitative estimate of drug-likeness (QED) is 0.520. The lowest BCUT2D eigenvalue weighted by Gasteiger charge is -2.27. The van der Waals surface area contributed by atoms with E-state index < -0.39 is 10.0 Å². The molecule has 1 aliphatic heterocycles. The number of hydrogen-bond acceptors (Lipinski definition) is 4. The van der Waals surface area contributed by atoms with Gasteiger partial charge in [-0.1, -0.05) is 18.2 Å². The molecule has 0 bridgehead atoms. The van der Waals surface area contributed by atoms with Crippen molar-refractivity contribution < 1.29 is 13.2 Å². The third-order valence-electron chi connectivity index (χ3n) is 4.62. The normalized spacial score (nSPS) is 16.2. The van der Waals surface area contributed by atoms with Crippen molar-refractivity contribution in [3.8, 4) is 0 Å². The largest absolute Gasteiger partial charge is 0.381 e. The van der Waals surface area contributed by atoms with Crippen LogP contribution in [0, 0.1) is 5.92 Å². The van der Waals surface area contributed by atoms with E-state index in [1.807, 2.05) is 32.2 Å². The monoisotopic (exact) mass is 396 g/mol. The molecular formula is C19H32N4O3S. The third-order valence-corrected chi connectivity index (χ3v) is 5.21. The highest BCUT2D eigenvalue weighted by molar-refractivity contribution is 7.92. The molecule has 0 spiro atoms. The van der Waals surface area contributed by atoms with Crippen molar-refractivity contribution in [2.75, 3.05) is 44.3 Å². The molecular weight excluding hydrogens is 364 g/mol. The van der Waals surface area contributed by atoms with E-state index >= 15 is 0 Å². The number of ether oxygens (including phenoxy) is 1. The average molecular weight is 397 g/mol. The molecule has 152 valence electrons. The summed E-state index contributed by atoms with van der Waals surface area (Å²) in [5.41, 5.74) is 1.42. The van der Waals surface area contributed by atoms with Gasteiger partial charge in [0.1, 0.15) is 0 Å². The number of sulfonamides is 1. The van der Waals surface area contributed by atoms with E-state index in [0.717, 1.165) is 63.3 Å². The van der Waals surface area contributed by atoms with Gasteiger partial charge in [0.05, 0.1) is 18.5 Å². The summed E-state index contributed by atoms with van der Waals surface area (Å²) in [6.07, 6.45) is 4.54. The van der Waals surface area contributed by atoms with Crippen molar-refractivity contribution in [1.29, 1.82) is 0 Å². The van der Waals surface area contributed by atoms with Crippen LogP contribution in [0.1, 0.15) is 31.7 Å². The summed E-state index contributed by atoms with van der Waals surface area (Å²) in [6.45, 7) is 5.90. The van der Waals surface area contributed by atoms with Gasteiger partial charge in [-0.05, 0) is 43.7 Å². The van der Waals surface area contributed by atoms with Gasteiger partial charge in [-0.2, -0.15) is 0 Å². The van der Waals surface area contributed by atoms with Crippen molar-refractivity contribution in [1.82, 2.24) is 10.2 Å². The fourth-order valence-electron chi connectivity index (χ4n) is 3.10. The van der Waals surface area contributed by atoms with Crippen LogP contribution in [-0.4, -0.2) is 58.9 Å². The van der Waals surface area contributed by atoms with Crippen LogP contribution in [0.5, 0.6) is 0 Å². The first-order valence-corrected chi connectivity index (χ1v) is 11.4. The van der Waals surface area contributed by atoms with Gasteiger partial charge in [0.2, 0.25) is 10.0 Å². The zero-order valence-electron chi connectivity index (χ0n) is 16.6. The number of nitrogens with zero attached hydrogens (tertiary/aromatic N) is 2. The van der Waals surface area contributed by atoms with E-state index in [-0.39, 0.29) is 0 Å². The number of hydrogen-bond donors (Lipinski definition) is 2. The SMILES string of the molecule is CCNC(=NCc1ccccc1NS(C)(=O)=O)N(C)CCC1CCOCC1. The zero-order chi connectivity index (χ0) is 19.7. The van der Waals surface area contributed by atoms with Crippen LogP contribution in [-0.2, 0) is 21.3 Å². The molecule has 0 radical (unpaired) electrons. The Morgan fingerprint density at radius 2 is 2.00 bits per heavy atom. The molecule has 0 unspecified atom stereocenters. The molecule has 0 aliphatic carbocycles. The van der Waals surface area contributed by atoms with E-state index in [0.29, 0.717) is 18.2 Å². The highest BCUT2D eigenvalue weighted by Gasteiger charge is 2.15. The molecule has 1 aromatic carbocycles. The zero-order valence-corrected chi connectivity index (χ0v) is 17.4. The van der Waals surface area contributed by atoms with Crippen LogP contribution in [0.3, 0.4) is 0 Å². The van der Waals surface area contributed by atoms with Gasteiger partial charge < -0.3 is 15.0 Å². The molecule has 2 N–H and O–H groups in total. The first-order valence-electron chi connectivity index (χ1n) is 9.52. The molecule has 1 aromatic rings. The van der Waals surface area contributed by atoms with Gasteiger partial charge in [0.15, 0.2) is 5.96 Å². The van der Waals surface area contributed by atoms with Crippen molar-refractivity contribution in [3.05, 3.63) is 29.8 Å². The van der Waals surface area contributed by atoms with Crippen LogP contribution in [0.25, 0.3) is 0 Å². The second kappa shape index (κ2) is 10.5. The average Bonchev–Trinajstić information content (AvgIpc) is 2.64. The standard InChI is InChI=1S/C19H32N4O3S/c1-4-20-19(23(2)12-9-16-10-13-26-14-11-16)21-15-17-7-5-6-8-18(17)22-27(3,24)25/h5-8,16,22H,4,9-15H2,1-3H3,(H,20,21). The molecule has 1 fully saturated rings. The highest BCUT2D eigenvalue weighted by Crippen LogP contribution is 2.19. The van der Waals surface area contributed by atoms with Crippen LogP contribution >= 0.6 is 0 Å². The molecule has 2 rings (SSSR count). The van der Waals surface area contributed by atoms with Gasteiger partial charge >= 0.3 is 0 Å². The minimum atomic E-state index is -3.32. The number of guanidine groups is 1. The van der Waals surface area contributed by atoms with Crippen LogP contribution in [0.2, 0.25) is 0 Å². The lowest BCUT2D eigenvalue weighted by atomic mass is 9.96. The van der Waals surface area contributed by atoms with Crippen molar-refractivity contribution in [3.63, 3.8) is 0 Å². The fourth-order valence-corrected chi connectivity index (χ4v) is 3.70. The Kier molecular flexibility index (Phi) is 8.37. The first-order chi connectivity index (χ1) is 12.9. The molecule has 0 saturated carbocycles. The minimum absolute atomic E-state index is 0.405. The molecule has 1 saturated heterocycles. The van der Waals surface area contributed by atoms with Gasteiger partial charge in [-0.15, -0.1) is 0 Å². The molecule has 1 heterocycles. The summed E-state index contributed by atoms with van der Waals surface area (Å²) in [4.78, 5) is 6.85. The predicted octanol–water partition coefficient (Wildman–Crippen LogP) is 2.27. The maximum absolute atomic E-state index is 11.6. The lowest BCUT2D eigenvalue weighted by molar-refractivity contribution is 0.0625. The predicted molar refractivity (Wildman–Crippen MR) is 111 cm³/mol. The highest BCUT2D eigenvalue weighted by atomic mass is 32.2. The Balaban J connectivity index is 2.01. The number of para-hydroxylation sites is 1. The smallest absolute Gasteiger partial charge is 0.229 e. The lowest BCUT2D eigenvalue weighted by Crippen LogP contribution is -2.40. The van der Waals surface area contributed by atoms with Crippen molar-refractivity contribution in [2.45, 2.75) is 32.7 Å². The molecule has 27 heavy (non-hydrogen) atoms. The van der Waals surface area contributed by atoms with Gasteiger partial charge in [0.25, 0.3) is 0 Å². The molecule has 0 aromatic heterocycles. The van der Waals surface area contributed by atoms with Crippen LogP contribution < -0.4 is 10.0 Å². The number of benzene rings is 1. The summed E-state index contributed by atoms with van der Waals surface area (Å²) in [7, 11) is -1.28. The molecule has 8 heteroatoms. The summed E-state index contributed by atoms with van der Waals surface area (Å²) in [5, 5.41) is 3.32. The number of anilines is 1. The first kappa shape index (κ1) is 21.5. The molecule has 0 atom stereocenters. The van der Waals surface area contributed by atoms with E-state index in [1.165, 1.54) is 0 Å². The summed E-state index contributed by atoms with van der Waals surface area (Å²) >= 11 is 0. The van der Waals surface area contributed by atoms with Gasteiger partial charge in [0, 0.05) is 33.4 Å². The van der Waals surface area contributed by atoms with E-state index in [4.69, 9.17) is 9.73 Å². The van der Waals surface area contributed by atoms with Crippen LogP contribution in [0.15, 0.2) is 29.3 Å². The van der Waals surface area contributed by atoms with Gasteiger partial charge in [-0.3, -0.25) is 4.72 Å². The summed E-state index contributed by atoms with van der Waals surface area (Å²) in [6, 6.07) is 7.35. The Morgan fingerprint density at radius 3 is 2.67 bits per heavy atom. The van der Waals surface area contributed by atoms with E-state index in [2.05, 4.69) is 14.9 Å². The maximum Gasteiger partial charge on any atom is 0.229 e. The fraction of sp³-hybridized carbons (Fsp3) is 0.632. The Morgan fingerprint density at radius 1 is 1.30 bits per heavy atom. The maximum atomic E-state index is 11.6. The third kappa shape index (κ3) is 7.76. The number of aliphatic imine (C=N–C) groups is 1. The molecule has 0 amide bonds. The Hall–Kier alpha value is -1.80. The van der Waals surface area contributed by atoms with Crippen LogP contribution in [0.4, 0.5) is 5.69 Å². The number of nitrogens with one attached hydrogen (secondary N) is 2. The Bertz CT molecular complexity index is 715. The second-order valence-electron chi connectivity index (χ2n) is 6.97. The summed E-state index contributed by atoms with van der Waals surface area (Å²) in [5.74, 6) is 1.54. The minimum Gasteiger partial charge on any atom is -0.381 e. The summed E-state index contributed by atoms with van der Waals surface area (Å²) < 4.78 is 31.1. The van der Waals surface area contributed by atoms with Crippen molar-refractivity contribution >= 4 is 21.7 Å².